The maximum absolute atomic E-state index is 8.31. The molecule has 0 fully saturated rings. The maximum atomic E-state index is 8.31. The Labute approximate surface area is 84.7 Å². The van der Waals surface area contributed by atoms with E-state index in [2.05, 4.69) is 11.4 Å². The smallest absolute Gasteiger partial charge is 0.105 e. The Kier molecular flexibility index (Phi) is 4.81. The van der Waals surface area contributed by atoms with E-state index in [1.54, 1.807) is 0 Å². The van der Waals surface area contributed by atoms with E-state index in [1.165, 1.54) is 0 Å². The van der Waals surface area contributed by atoms with Crippen molar-refractivity contribution in [3.63, 3.8) is 0 Å². The van der Waals surface area contributed by atoms with Crippen molar-refractivity contribution in [3.8, 4) is 6.07 Å². The van der Waals surface area contributed by atoms with Gasteiger partial charge in [0.25, 0.3) is 0 Å². The van der Waals surface area contributed by atoms with Crippen LogP contribution >= 0.6 is 0 Å². The molecule has 14 heavy (non-hydrogen) atoms. The first-order chi connectivity index (χ1) is 6.83. The number of rotatable bonds is 6. The first kappa shape index (κ1) is 10.8. The van der Waals surface area contributed by atoms with Crippen LogP contribution in [0.25, 0.3) is 0 Å². The van der Waals surface area contributed by atoms with Crippen LogP contribution in [0.5, 0.6) is 0 Å². The number of aryl methyl sites for hydroxylation is 1. The van der Waals surface area contributed by atoms with Crippen LogP contribution < -0.4 is 5.32 Å². The van der Waals surface area contributed by atoms with E-state index in [0.717, 1.165) is 37.5 Å². The van der Waals surface area contributed by atoms with Gasteiger partial charge < -0.3 is 9.73 Å². The fourth-order valence-electron chi connectivity index (χ4n) is 1.25. The van der Waals surface area contributed by atoms with Crippen LogP contribution in [0.4, 0.5) is 0 Å². The van der Waals surface area contributed by atoms with Crippen molar-refractivity contribution in [3.05, 3.63) is 23.7 Å². The second kappa shape index (κ2) is 6.22. The molecule has 3 nitrogen and oxygen atoms in total. The summed E-state index contributed by atoms with van der Waals surface area (Å²) in [6.07, 6.45) is 2.47. The summed E-state index contributed by atoms with van der Waals surface area (Å²) >= 11 is 0. The summed E-state index contributed by atoms with van der Waals surface area (Å²) in [6, 6.07) is 6.10. The Bertz CT molecular complexity index is 298. The van der Waals surface area contributed by atoms with Crippen molar-refractivity contribution < 1.29 is 4.42 Å². The highest BCUT2D eigenvalue weighted by Crippen LogP contribution is 2.05. The van der Waals surface area contributed by atoms with Crippen LogP contribution in [-0.4, -0.2) is 13.1 Å². The molecule has 1 N–H and O–H groups in total. The van der Waals surface area contributed by atoms with Crippen molar-refractivity contribution in [1.82, 2.24) is 5.32 Å². The Morgan fingerprint density at radius 1 is 1.43 bits per heavy atom. The van der Waals surface area contributed by atoms with Gasteiger partial charge in [-0.05, 0) is 32.0 Å². The molecule has 0 atom stereocenters. The lowest BCUT2D eigenvalue weighted by Gasteiger charge is -2.00. The highest BCUT2D eigenvalue weighted by Gasteiger charge is 1.97. The minimum atomic E-state index is 0.632. The fraction of sp³-hybridized carbons (Fsp3) is 0.545. The summed E-state index contributed by atoms with van der Waals surface area (Å²) in [5.74, 6) is 1.99. The largest absolute Gasteiger partial charge is 0.466 e. The predicted octanol–water partition coefficient (Wildman–Crippen LogP) is 2.02. The third kappa shape index (κ3) is 4.11. The Hall–Kier alpha value is -1.27. The van der Waals surface area contributed by atoms with Crippen LogP contribution in [0.15, 0.2) is 16.5 Å². The van der Waals surface area contributed by atoms with Crippen LogP contribution in [0, 0.1) is 18.3 Å². The fourth-order valence-corrected chi connectivity index (χ4v) is 1.25. The zero-order chi connectivity index (χ0) is 10.2. The second-order valence-electron chi connectivity index (χ2n) is 3.27. The molecule has 1 heterocycles. The van der Waals surface area contributed by atoms with Crippen LogP contribution in [0.2, 0.25) is 0 Å². The molecule has 0 amide bonds. The quantitative estimate of drug-likeness (QED) is 0.701. The minimum Gasteiger partial charge on any atom is -0.466 e. The molecule has 0 bridgehead atoms. The van der Waals surface area contributed by atoms with Gasteiger partial charge in [-0.25, -0.2) is 0 Å². The van der Waals surface area contributed by atoms with Gasteiger partial charge in [0.1, 0.15) is 11.5 Å². The summed E-state index contributed by atoms with van der Waals surface area (Å²) in [7, 11) is 0. The summed E-state index contributed by atoms with van der Waals surface area (Å²) in [5.41, 5.74) is 0. The zero-order valence-electron chi connectivity index (χ0n) is 8.55. The van der Waals surface area contributed by atoms with Crippen molar-refractivity contribution in [1.29, 1.82) is 5.26 Å². The highest BCUT2D eigenvalue weighted by molar-refractivity contribution is 5.05. The molecular weight excluding hydrogens is 176 g/mol. The topological polar surface area (TPSA) is 49.0 Å². The number of unbranched alkanes of at least 4 members (excludes halogenated alkanes) is 1. The van der Waals surface area contributed by atoms with Crippen LogP contribution in [0.1, 0.15) is 24.4 Å². The van der Waals surface area contributed by atoms with Crippen LogP contribution in [0.3, 0.4) is 0 Å². The number of hydrogen-bond donors (Lipinski definition) is 1. The van der Waals surface area contributed by atoms with E-state index in [9.17, 15) is 0 Å². The zero-order valence-corrected chi connectivity index (χ0v) is 8.55. The minimum absolute atomic E-state index is 0.632. The number of hydrogen-bond acceptors (Lipinski definition) is 3. The second-order valence-corrected chi connectivity index (χ2v) is 3.27. The molecule has 0 aliphatic heterocycles. The van der Waals surface area contributed by atoms with Gasteiger partial charge in [0, 0.05) is 19.4 Å². The molecule has 0 unspecified atom stereocenters. The number of nitriles is 1. The van der Waals surface area contributed by atoms with E-state index in [0.29, 0.717) is 6.42 Å². The Morgan fingerprint density at radius 3 is 2.93 bits per heavy atom. The predicted molar refractivity (Wildman–Crippen MR) is 54.9 cm³/mol. The summed E-state index contributed by atoms with van der Waals surface area (Å²) in [4.78, 5) is 0. The molecule has 1 aromatic rings. The lowest BCUT2D eigenvalue weighted by atomic mass is 10.3. The van der Waals surface area contributed by atoms with E-state index in [1.807, 2.05) is 19.1 Å². The van der Waals surface area contributed by atoms with Gasteiger partial charge in [0.05, 0.1) is 6.07 Å². The number of nitrogens with zero attached hydrogens (tertiary/aromatic N) is 1. The monoisotopic (exact) mass is 192 g/mol. The molecule has 1 rings (SSSR count). The van der Waals surface area contributed by atoms with E-state index in [-0.39, 0.29) is 0 Å². The SMILES string of the molecule is Cc1ccc(CCNCCCC#N)o1. The molecule has 0 radical (unpaired) electrons. The molecular formula is C11H16N2O. The molecule has 0 spiro atoms. The van der Waals surface area contributed by atoms with Gasteiger partial charge in [0.2, 0.25) is 0 Å². The van der Waals surface area contributed by atoms with Gasteiger partial charge in [-0.2, -0.15) is 5.26 Å². The van der Waals surface area contributed by atoms with Gasteiger partial charge in [-0.15, -0.1) is 0 Å². The summed E-state index contributed by atoms with van der Waals surface area (Å²) in [6.45, 7) is 3.77. The average Bonchev–Trinajstić information content (AvgIpc) is 2.58. The molecule has 0 saturated heterocycles. The van der Waals surface area contributed by atoms with Crippen molar-refractivity contribution in [2.45, 2.75) is 26.2 Å². The number of nitrogens with one attached hydrogen (secondary N) is 1. The first-order valence-electron chi connectivity index (χ1n) is 4.96. The highest BCUT2D eigenvalue weighted by atomic mass is 16.3. The van der Waals surface area contributed by atoms with Gasteiger partial charge in [0.15, 0.2) is 0 Å². The molecule has 0 aromatic carbocycles. The molecule has 76 valence electrons. The maximum Gasteiger partial charge on any atom is 0.105 e. The molecule has 0 aliphatic carbocycles. The molecule has 1 aromatic heterocycles. The van der Waals surface area contributed by atoms with Gasteiger partial charge in [-0.1, -0.05) is 0 Å². The van der Waals surface area contributed by atoms with Crippen molar-refractivity contribution in [2.24, 2.45) is 0 Å². The number of furan rings is 1. The lowest BCUT2D eigenvalue weighted by molar-refractivity contribution is 0.475. The average molecular weight is 192 g/mol. The van der Waals surface area contributed by atoms with Crippen molar-refractivity contribution in [2.75, 3.05) is 13.1 Å². The van der Waals surface area contributed by atoms with E-state index in [4.69, 9.17) is 9.68 Å². The Balaban J connectivity index is 2.02. The molecule has 3 heteroatoms. The Morgan fingerprint density at radius 2 is 2.29 bits per heavy atom. The van der Waals surface area contributed by atoms with Crippen molar-refractivity contribution >= 4 is 0 Å². The van der Waals surface area contributed by atoms with E-state index < -0.39 is 0 Å². The standard InChI is InChI=1S/C11H16N2O/c1-10-4-5-11(14-10)6-9-13-8-3-2-7-12/h4-5,13H,2-3,6,8-9H2,1H3. The summed E-state index contributed by atoms with van der Waals surface area (Å²) in [5, 5.41) is 11.6. The first-order valence-corrected chi connectivity index (χ1v) is 4.96. The lowest BCUT2D eigenvalue weighted by Crippen LogP contribution is -2.18. The molecule has 0 aliphatic rings. The third-order valence-electron chi connectivity index (χ3n) is 1.99. The summed E-state index contributed by atoms with van der Waals surface area (Å²) < 4.78 is 5.42. The van der Waals surface area contributed by atoms with E-state index >= 15 is 0 Å². The van der Waals surface area contributed by atoms with Crippen LogP contribution in [-0.2, 0) is 6.42 Å². The molecule has 0 saturated carbocycles. The van der Waals surface area contributed by atoms with Gasteiger partial charge in [-0.3, -0.25) is 0 Å². The third-order valence-corrected chi connectivity index (χ3v) is 1.99. The van der Waals surface area contributed by atoms with Gasteiger partial charge >= 0.3 is 0 Å². The normalized spacial score (nSPS) is 10.0.